The summed E-state index contributed by atoms with van der Waals surface area (Å²) in [5.74, 6) is -0.130. The Kier molecular flexibility index (Phi) is 8.44. The van der Waals surface area contributed by atoms with Crippen LogP contribution in [0.2, 0.25) is 5.28 Å². The highest BCUT2D eigenvalue weighted by Gasteiger charge is 2.20. The summed E-state index contributed by atoms with van der Waals surface area (Å²) in [5, 5.41) is 6.95. The maximum absolute atomic E-state index is 14.8. The molecule has 39 heavy (non-hydrogen) atoms. The Labute approximate surface area is 229 Å². The molecule has 204 valence electrons. The molecule has 4 rings (SSSR count). The lowest BCUT2D eigenvalue weighted by Crippen LogP contribution is -2.23. The second-order valence-corrected chi connectivity index (χ2v) is 9.44. The van der Waals surface area contributed by atoms with Crippen LogP contribution in [0.1, 0.15) is 36.1 Å². The number of nitrogens with one attached hydrogen (secondary N) is 2. The molecule has 0 fully saturated rings. The average Bonchev–Trinajstić information content (AvgIpc) is 2.89. The predicted octanol–water partition coefficient (Wildman–Crippen LogP) is 6.92. The van der Waals surface area contributed by atoms with Gasteiger partial charge in [-0.25, -0.2) is 23.1 Å². The number of alkyl halides is 2. The van der Waals surface area contributed by atoms with Gasteiger partial charge in [-0.3, -0.25) is 4.79 Å². The van der Waals surface area contributed by atoms with Gasteiger partial charge in [-0.05, 0) is 42.8 Å². The number of carbonyl (C=O) groups is 1. The summed E-state index contributed by atoms with van der Waals surface area (Å²) in [6, 6.07) is 14.0. The van der Waals surface area contributed by atoms with Crippen molar-refractivity contribution in [1.29, 1.82) is 0 Å². The van der Waals surface area contributed by atoms with Crippen LogP contribution in [0.5, 0.6) is 5.75 Å². The van der Waals surface area contributed by atoms with Gasteiger partial charge in [-0.1, -0.05) is 24.3 Å². The van der Waals surface area contributed by atoms with E-state index < -0.39 is 23.8 Å². The van der Waals surface area contributed by atoms with Gasteiger partial charge in [0.15, 0.2) is 0 Å². The molecule has 0 spiro atoms. The third-order valence-corrected chi connectivity index (χ3v) is 6.37. The number of ether oxygens (including phenoxy) is 1. The highest BCUT2D eigenvalue weighted by atomic mass is 35.5. The number of likely N-dealkylation sites (N-methyl/N-ethyl adjacent to an activating group) is 1. The minimum atomic E-state index is -2.93. The fourth-order valence-corrected chi connectivity index (χ4v) is 4.27. The summed E-state index contributed by atoms with van der Waals surface area (Å²) in [6.07, 6.45) is -2.72. The fraction of sp³-hybridized carbons (Fsp3) is 0.250. The molecule has 2 N–H and O–H groups in total. The van der Waals surface area contributed by atoms with E-state index >= 15 is 0 Å². The molecular weight excluding hydrogens is 531 g/mol. The van der Waals surface area contributed by atoms with E-state index in [9.17, 15) is 18.0 Å². The van der Waals surface area contributed by atoms with Crippen molar-refractivity contribution in [1.82, 2.24) is 14.9 Å². The molecule has 0 aliphatic carbocycles. The van der Waals surface area contributed by atoms with Gasteiger partial charge in [0.2, 0.25) is 11.2 Å². The first-order valence-corrected chi connectivity index (χ1v) is 12.4. The second-order valence-electron chi connectivity index (χ2n) is 9.11. The van der Waals surface area contributed by atoms with Gasteiger partial charge in [0.05, 0.1) is 30.7 Å². The number of aromatic nitrogens is 2. The van der Waals surface area contributed by atoms with Crippen molar-refractivity contribution >= 4 is 45.6 Å². The lowest BCUT2D eigenvalue weighted by atomic mass is 10.0. The molecule has 0 aliphatic rings. The van der Waals surface area contributed by atoms with E-state index in [1.54, 1.807) is 52.4 Å². The Balaban J connectivity index is 1.63. The number of rotatable bonds is 9. The van der Waals surface area contributed by atoms with Crippen molar-refractivity contribution in [3.05, 3.63) is 82.4 Å². The highest BCUT2D eigenvalue weighted by molar-refractivity contribution is 6.28. The van der Waals surface area contributed by atoms with E-state index in [-0.39, 0.29) is 23.2 Å². The van der Waals surface area contributed by atoms with E-state index in [1.165, 1.54) is 17.0 Å². The minimum Gasteiger partial charge on any atom is -0.496 e. The number of nitrogens with zero attached hydrogens (tertiary/aromatic N) is 3. The molecule has 7 nitrogen and oxygen atoms in total. The van der Waals surface area contributed by atoms with Gasteiger partial charge in [-0.15, -0.1) is 0 Å². The standard InChI is InChI=1S/C28H27ClF3N5O2/c1-15(19-6-5-7-20(25(19)30)26(31)32)33-27-21-13-17(10-11-22(21)35-28(29)36-27)34-18-9-8-16(23(14-18)39-4)12-24(38)37(2)3/h5-11,13-15,26,34H,12H2,1-4H3,(H,33,35,36)/t15-/m1/s1. The van der Waals surface area contributed by atoms with Crippen molar-refractivity contribution < 1.29 is 22.7 Å². The molecule has 1 aromatic heterocycles. The van der Waals surface area contributed by atoms with Crippen LogP contribution in [0.25, 0.3) is 10.9 Å². The third-order valence-electron chi connectivity index (χ3n) is 6.20. The molecule has 3 aromatic carbocycles. The first-order chi connectivity index (χ1) is 18.6. The van der Waals surface area contributed by atoms with Crippen LogP contribution >= 0.6 is 11.6 Å². The van der Waals surface area contributed by atoms with E-state index in [2.05, 4.69) is 20.6 Å². The van der Waals surface area contributed by atoms with Crippen LogP contribution in [-0.4, -0.2) is 42.0 Å². The first-order valence-electron chi connectivity index (χ1n) is 12.0. The smallest absolute Gasteiger partial charge is 0.266 e. The van der Waals surface area contributed by atoms with Crippen molar-refractivity contribution in [3.8, 4) is 5.75 Å². The van der Waals surface area contributed by atoms with Crippen molar-refractivity contribution in [2.75, 3.05) is 31.8 Å². The second kappa shape index (κ2) is 11.8. The van der Waals surface area contributed by atoms with Crippen molar-refractivity contribution in [2.45, 2.75) is 25.8 Å². The lowest BCUT2D eigenvalue weighted by Gasteiger charge is -2.19. The number of carbonyl (C=O) groups excluding carboxylic acids is 1. The molecule has 0 aliphatic heterocycles. The van der Waals surface area contributed by atoms with Crippen molar-refractivity contribution in [2.24, 2.45) is 0 Å². The highest BCUT2D eigenvalue weighted by Crippen LogP contribution is 2.33. The van der Waals surface area contributed by atoms with Gasteiger partial charge in [0.1, 0.15) is 17.4 Å². The molecule has 1 heterocycles. The average molecular weight is 558 g/mol. The SMILES string of the molecule is COc1cc(Nc2ccc3nc(Cl)nc(N[C@H](C)c4cccc(C(F)F)c4F)c3c2)ccc1CC(=O)N(C)C. The normalized spacial score (nSPS) is 11.9. The summed E-state index contributed by atoms with van der Waals surface area (Å²) in [7, 11) is 4.93. The Hall–Kier alpha value is -4.05. The Morgan fingerprint density at radius 3 is 2.44 bits per heavy atom. The zero-order chi connectivity index (χ0) is 28.3. The van der Waals surface area contributed by atoms with Crippen LogP contribution in [0.15, 0.2) is 54.6 Å². The summed E-state index contributed by atoms with van der Waals surface area (Å²) in [4.78, 5) is 22.2. The van der Waals surface area contributed by atoms with Crippen LogP contribution < -0.4 is 15.4 Å². The summed E-state index contributed by atoms with van der Waals surface area (Å²) < 4.78 is 46.7. The number of anilines is 3. The molecule has 4 aromatic rings. The molecule has 1 amide bonds. The maximum atomic E-state index is 14.8. The first kappa shape index (κ1) is 28.0. The zero-order valence-electron chi connectivity index (χ0n) is 21.7. The third kappa shape index (κ3) is 6.34. The number of benzene rings is 3. The summed E-state index contributed by atoms with van der Waals surface area (Å²) in [5.41, 5.74) is 2.11. The number of hydrogen-bond donors (Lipinski definition) is 2. The molecule has 11 heteroatoms. The van der Waals surface area contributed by atoms with E-state index in [0.717, 1.165) is 17.3 Å². The van der Waals surface area contributed by atoms with Crippen LogP contribution in [0, 0.1) is 5.82 Å². The molecule has 0 unspecified atom stereocenters. The maximum Gasteiger partial charge on any atom is 0.266 e. The Morgan fingerprint density at radius 2 is 1.74 bits per heavy atom. The Morgan fingerprint density at radius 1 is 1.05 bits per heavy atom. The summed E-state index contributed by atoms with van der Waals surface area (Å²) in [6.45, 7) is 1.65. The van der Waals surface area contributed by atoms with Crippen molar-refractivity contribution in [3.63, 3.8) is 0 Å². The zero-order valence-corrected chi connectivity index (χ0v) is 22.5. The van der Waals surface area contributed by atoms with Gasteiger partial charge in [-0.2, -0.15) is 0 Å². The molecule has 0 radical (unpaired) electrons. The number of fused-ring (bicyclic) bond motifs is 1. The van der Waals surface area contributed by atoms with E-state index in [0.29, 0.717) is 28.2 Å². The summed E-state index contributed by atoms with van der Waals surface area (Å²) >= 11 is 6.13. The number of halogens is 4. The minimum absolute atomic E-state index is 0.0210. The predicted molar refractivity (Wildman–Crippen MR) is 147 cm³/mol. The molecular formula is C28H27ClF3N5O2. The van der Waals surface area contributed by atoms with Gasteiger partial charge >= 0.3 is 0 Å². The Bertz CT molecular complexity index is 1520. The molecule has 0 saturated heterocycles. The van der Waals surface area contributed by atoms with Crippen LogP contribution in [0.4, 0.5) is 30.4 Å². The van der Waals surface area contributed by atoms with E-state index in [4.69, 9.17) is 16.3 Å². The molecule has 0 bridgehead atoms. The largest absolute Gasteiger partial charge is 0.496 e. The number of methoxy groups -OCH3 is 1. The van der Waals surface area contributed by atoms with Gasteiger partial charge in [0.25, 0.3) is 6.43 Å². The molecule has 0 saturated carbocycles. The number of amides is 1. The van der Waals surface area contributed by atoms with Gasteiger partial charge < -0.3 is 20.3 Å². The quantitative estimate of drug-likeness (QED) is 0.218. The topological polar surface area (TPSA) is 79.4 Å². The monoisotopic (exact) mass is 557 g/mol. The van der Waals surface area contributed by atoms with Crippen LogP contribution in [-0.2, 0) is 11.2 Å². The lowest BCUT2D eigenvalue weighted by molar-refractivity contribution is -0.127. The number of hydrogen-bond acceptors (Lipinski definition) is 6. The van der Waals surface area contributed by atoms with E-state index in [1.807, 2.05) is 12.1 Å². The fourth-order valence-electron chi connectivity index (χ4n) is 4.10. The molecule has 1 atom stereocenters. The van der Waals surface area contributed by atoms with Gasteiger partial charge in [0, 0.05) is 48.0 Å². The van der Waals surface area contributed by atoms with Crippen LogP contribution in [0.3, 0.4) is 0 Å².